The van der Waals surface area contributed by atoms with Gasteiger partial charge in [0, 0.05) is 26.2 Å². The summed E-state index contributed by atoms with van der Waals surface area (Å²) >= 11 is 0. The molecule has 0 saturated carbocycles. The van der Waals surface area contributed by atoms with E-state index in [0.29, 0.717) is 24.5 Å². The molecule has 0 amide bonds. The first-order chi connectivity index (χ1) is 9.01. The van der Waals surface area contributed by atoms with E-state index in [9.17, 15) is 13.5 Å². The van der Waals surface area contributed by atoms with Crippen LogP contribution < -0.4 is 5.73 Å². The Kier molecular flexibility index (Phi) is 4.57. The number of sulfone groups is 1. The molecule has 5 nitrogen and oxygen atoms in total. The van der Waals surface area contributed by atoms with Gasteiger partial charge in [-0.05, 0) is 24.1 Å². The summed E-state index contributed by atoms with van der Waals surface area (Å²) in [6.07, 6.45) is 0.408. The van der Waals surface area contributed by atoms with Gasteiger partial charge in [-0.15, -0.1) is 0 Å². The van der Waals surface area contributed by atoms with Gasteiger partial charge in [0.2, 0.25) is 0 Å². The van der Waals surface area contributed by atoms with Crippen LogP contribution in [0.5, 0.6) is 0 Å². The molecular weight excluding hydrogens is 264 g/mol. The van der Waals surface area contributed by atoms with Gasteiger partial charge in [0.15, 0.2) is 9.84 Å². The Morgan fingerprint density at radius 1 is 1.42 bits per heavy atom. The second-order valence-corrected chi connectivity index (χ2v) is 7.02. The SMILES string of the molecule is NCc1cccc(S(=O)(=O)CCN2CCC(O)C2)c1. The van der Waals surface area contributed by atoms with Crippen LogP contribution in [0, 0.1) is 0 Å². The van der Waals surface area contributed by atoms with Crippen molar-refractivity contribution in [2.75, 3.05) is 25.4 Å². The van der Waals surface area contributed by atoms with Crippen LogP contribution in [0.1, 0.15) is 12.0 Å². The summed E-state index contributed by atoms with van der Waals surface area (Å²) in [4.78, 5) is 2.31. The number of aliphatic hydroxyl groups is 1. The molecule has 3 N–H and O–H groups in total. The molecular formula is C13H20N2O3S. The van der Waals surface area contributed by atoms with Crippen LogP contribution >= 0.6 is 0 Å². The Hall–Kier alpha value is -0.950. The monoisotopic (exact) mass is 284 g/mol. The second kappa shape index (κ2) is 6.00. The van der Waals surface area contributed by atoms with Gasteiger partial charge in [0.25, 0.3) is 0 Å². The fraction of sp³-hybridized carbons (Fsp3) is 0.538. The Bertz CT molecular complexity index is 530. The van der Waals surface area contributed by atoms with E-state index in [2.05, 4.69) is 0 Å². The number of hydrogen-bond acceptors (Lipinski definition) is 5. The molecule has 2 rings (SSSR count). The lowest BCUT2D eigenvalue weighted by Crippen LogP contribution is -2.28. The van der Waals surface area contributed by atoms with E-state index in [-0.39, 0.29) is 11.9 Å². The van der Waals surface area contributed by atoms with Gasteiger partial charge in [0.1, 0.15) is 0 Å². The lowest BCUT2D eigenvalue weighted by atomic mass is 10.2. The summed E-state index contributed by atoms with van der Waals surface area (Å²) in [5.74, 6) is 0.0771. The maximum absolute atomic E-state index is 12.2. The second-order valence-electron chi connectivity index (χ2n) is 4.91. The van der Waals surface area contributed by atoms with E-state index in [4.69, 9.17) is 5.73 Å². The van der Waals surface area contributed by atoms with E-state index in [1.807, 2.05) is 11.0 Å². The molecule has 0 spiro atoms. The standard InChI is InChI=1S/C13H20N2O3S/c14-9-11-2-1-3-13(8-11)19(17,18)7-6-15-5-4-12(16)10-15/h1-3,8,12,16H,4-7,9-10,14H2. The Morgan fingerprint density at radius 3 is 2.84 bits per heavy atom. The third-order valence-corrected chi connectivity index (χ3v) is 5.11. The average molecular weight is 284 g/mol. The Balaban J connectivity index is 2.01. The lowest BCUT2D eigenvalue weighted by molar-refractivity contribution is 0.178. The first kappa shape index (κ1) is 14.5. The Labute approximate surface area is 113 Å². The zero-order valence-electron chi connectivity index (χ0n) is 10.8. The van der Waals surface area contributed by atoms with Crippen LogP contribution in [0.15, 0.2) is 29.2 Å². The molecule has 1 atom stereocenters. The molecule has 0 bridgehead atoms. The van der Waals surface area contributed by atoms with Gasteiger partial charge >= 0.3 is 0 Å². The molecule has 1 aromatic rings. The highest BCUT2D eigenvalue weighted by Gasteiger charge is 2.22. The summed E-state index contributed by atoms with van der Waals surface area (Å²) in [5.41, 5.74) is 6.34. The number of rotatable bonds is 5. The number of β-amino-alcohol motifs (C(OH)–C–C–N with tert-alkyl or cyclic N) is 1. The maximum atomic E-state index is 12.2. The van der Waals surface area contributed by atoms with Crippen LogP contribution in [-0.2, 0) is 16.4 Å². The zero-order chi connectivity index (χ0) is 13.9. The molecule has 0 aromatic heterocycles. The van der Waals surface area contributed by atoms with Crippen LogP contribution in [0.2, 0.25) is 0 Å². The van der Waals surface area contributed by atoms with E-state index in [1.165, 1.54) is 0 Å². The van der Waals surface area contributed by atoms with Crippen molar-refractivity contribution < 1.29 is 13.5 Å². The van der Waals surface area contributed by atoms with Gasteiger partial charge < -0.3 is 10.8 Å². The lowest BCUT2D eigenvalue weighted by Gasteiger charge is -2.14. The summed E-state index contributed by atoms with van der Waals surface area (Å²) in [6, 6.07) is 6.77. The predicted octanol–water partition coefficient (Wildman–Crippen LogP) is -0.0144. The molecule has 1 aromatic carbocycles. The molecule has 1 heterocycles. The zero-order valence-corrected chi connectivity index (χ0v) is 11.6. The third-order valence-electron chi connectivity index (χ3n) is 3.42. The summed E-state index contributed by atoms with van der Waals surface area (Å²) < 4.78 is 24.4. The van der Waals surface area contributed by atoms with Crippen molar-refractivity contribution in [3.63, 3.8) is 0 Å². The topological polar surface area (TPSA) is 83.6 Å². The molecule has 1 aliphatic heterocycles. The fourth-order valence-corrected chi connectivity index (χ4v) is 3.60. The number of benzene rings is 1. The molecule has 1 fully saturated rings. The number of nitrogens with two attached hydrogens (primary N) is 1. The van der Waals surface area contributed by atoms with E-state index < -0.39 is 9.84 Å². The van der Waals surface area contributed by atoms with Crippen molar-refractivity contribution in [3.8, 4) is 0 Å². The van der Waals surface area contributed by atoms with Crippen molar-refractivity contribution in [2.45, 2.75) is 24.0 Å². The normalized spacial score (nSPS) is 20.8. The first-order valence-corrected chi connectivity index (χ1v) is 8.08. The first-order valence-electron chi connectivity index (χ1n) is 6.43. The van der Waals surface area contributed by atoms with Crippen LogP contribution in [0.3, 0.4) is 0 Å². The largest absolute Gasteiger partial charge is 0.392 e. The molecule has 1 unspecified atom stereocenters. The summed E-state index contributed by atoms with van der Waals surface area (Å²) in [6.45, 7) is 2.13. The molecule has 0 radical (unpaired) electrons. The number of nitrogens with zero attached hydrogens (tertiary/aromatic N) is 1. The van der Waals surface area contributed by atoms with Gasteiger partial charge in [-0.1, -0.05) is 12.1 Å². The van der Waals surface area contributed by atoms with Crippen LogP contribution in [0.4, 0.5) is 0 Å². The molecule has 6 heteroatoms. The van der Waals surface area contributed by atoms with Gasteiger partial charge in [-0.3, -0.25) is 4.90 Å². The Morgan fingerprint density at radius 2 is 2.21 bits per heavy atom. The molecule has 1 saturated heterocycles. The molecule has 0 aliphatic carbocycles. The third kappa shape index (κ3) is 3.76. The average Bonchev–Trinajstić information content (AvgIpc) is 2.82. The van der Waals surface area contributed by atoms with Crippen molar-refractivity contribution in [1.29, 1.82) is 0 Å². The van der Waals surface area contributed by atoms with Crippen LogP contribution in [-0.4, -0.2) is 49.9 Å². The van der Waals surface area contributed by atoms with Crippen molar-refractivity contribution >= 4 is 9.84 Å². The van der Waals surface area contributed by atoms with Crippen molar-refractivity contribution in [1.82, 2.24) is 4.90 Å². The van der Waals surface area contributed by atoms with Gasteiger partial charge in [-0.2, -0.15) is 0 Å². The highest BCUT2D eigenvalue weighted by Crippen LogP contribution is 2.15. The highest BCUT2D eigenvalue weighted by molar-refractivity contribution is 7.91. The van der Waals surface area contributed by atoms with Crippen molar-refractivity contribution in [3.05, 3.63) is 29.8 Å². The molecule has 106 valence electrons. The van der Waals surface area contributed by atoms with Crippen molar-refractivity contribution in [2.24, 2.45) is 5.73 Å². The fourth-order valence-electron chi connectivity index (χ4n) is 2.25. The predicted molar refractivity (Wildman–Crippen MR) is 73.5 cm³/mol. The number of aliphatic hydroxyl groups excluding tert-OH is 1. The quantitative estimate of drug-likeness (QED) is 0.794. The highest BCUT2D eigenvalue weighted by atomic mass is 32.2. The van der Waals surface area contributed by atoms with Gasteiger partial charge in [-0.25, -0.2) is 8.42 Å². The smallest absolute Gasteiger partial charge is 0.179 e. The van der Waals surface area contributed by atoms with E-state index in [0.717, 1.165) is 18.5 Å². The summed E-state index contributed by atoms with van der Waals surface area (Å²) in [5, 5.41) is 9.41. The minimum Gasteiger partial charge on any atom is -0.392 e. The minimum absolute atomic E-state index is 0.0771. The number of likely N-dealkylation sites (tertiary alicyclic amines) is 1. The minimum atomic E-state index is -3.28. The van der Waals surface area contributed by atoms with E-state index in [1.54, 1.807) is 18.2 Å². The maximum Gasteiger partial charge on any atom is 0.179 e. The van der Waals surface area contributed by atoms with Gasteiger partial charge in [0.05, 0.1) is 16.8 Å². The van der Waals surface area contributed by atoms with E-state index >= 15 is 0 Å². The summed E-state index contributed by atoms with van der Waals surface area (Å²) in [7, 11) is -3.28. The molecule has 1 aliphatic rings. The molecule has 19 heavy (non-hydrogen) atoms. The van der Waals surface area contributed by atoms with Crippen LogP contribution in [0.25, 0.3) is 0 Å². The number of hydrogen-bond donors (Lipinski definition) is 2.